The van der Waals surface area contributed by atoms with Gasteiger partial charge in [-0.3, -0.25) is 4.79 Å². The summed E-state index contributed by atoms with van der Waals surface area (Å²) in [7, 11) is 1.82. The molecular formula is C16H18N2O4. The van der Waals surface area contributed by atoms with Crippen LogP contribution in [-0.2, 0) is 18.3 Å². The zero-order valence-electron chi connectivity index (χ0n) is 12.3. The minimum absolute atomic E-state index is 0.103. The van der Waals surface area contributed by atoms with Crippen molar-refractivity contribution in [1.29, 1.82) is 0 Å². The molecule has 2 N–H and O–H groups in total. The second kappa shape index (κ2) is 7.31. The van der Waals surface area contributed by atoms with E-state index in [0.29, 0.717) is 24.4 Å². The molecular weight excluding hydrogens is 284 g/mol. The summed E-state index contributed by atoms with van der Waals surface area (Å²) in [6.45, 7) is 0.172. The van der Waals surface area contributed by atoms with Crippen molar-refractivity contribution in [1.82, 2.24) is 9.88 Å². The second-order valence-corrected chi connectivity index (χ2v) is 4.84. The van der Waals surface area contributed by atoms with Crippen LogP contribution in [0.3, 0.4) is 0 Å². The molecule has 1 aromatic carbocycles. The van der Waals surface area contributed by atoms with Crippen LogP contribution in [0.2, 0.25) is 0 Å². The Balaban J connectivity index is 1.78. The lowest BCUT2D eigenvalue weighted by atomic mass is 10.1. The lowest BCUT2D eigenvalue weighted by Gasteiger charge is -2.07. The van der Waals surface area contributed by atoms with Gasteiger partial charge < -0.3 is 19.7 Å². The van der Waals surface area contributed by atoms with Gasteiger partial charge in [0.05, 0.1) is 0 Å². The maximum atomic E-state index is 11.9. The molecule has 22 heavy (non-hydrogen) atoms. The highest BCUT2D eigenvalue weighted by molar-refractivity contribution is 5.92. The van der Waals surface area contributed by atoms with Gasteiger partial charge in [0, 0.05) is 19.8 Å². The van der Waals surface area contributed by atoms with Crippen molar-refractivity contribution in [3.8, 4) is 5.75 Å². The van der Waals surface area contributed by atoms with E-state index in [0.717, 1.165) is 5.56 Å². The third-order valence-electron chi connectivity index (χ3n) is 3.16. The highest BCUT2D eigenvalue weighted by atomic mass is 16.5. The standard InChI is InChI=1S/C16H18N2O4/c1-18-10-2-3-14(18)16(21)17-9-8-12-4-6-13(7-5-12)22-11-15(19)20/h2-7,10H,8-9,11H2,1H3,(H,17,21)(H,19,20). The Morgan fingerprint density at radius 1 is 1.23 bits per heavy atom. The van der Waals surface area contributed by atoms with Gasteiger partial charge in [0.1, 0.15) is 11.4 Å². The van der Waals surface area contributed by atoms with Gasteiger partial charge in [-0.05, 0) is 36.2 Å². The number of nitrogens with zero attached hydrogens (tertiary/aromatic N) is 1. The van der Waals surface area contributed by atoms with E-state index < -0.39 is 5.97 Å². The Morgan fingerprint density at radius 2 is 1.95 bits per heavy atom. The Kier molecular flexibility index (Phi) is 5.19. The third-order valence-corrected chi connectivity index (χ3v) is 3.16. The molecule has 1 aromatic heterocycles. The first kappa shape index (κ1) is 15.6. The number of aliphatic carboxylic acids is 1. The average molecular weight is 302 g/mol. The van der Waals surface area contributed by atoms with Gasteiger partial charge >= 0.3 is 5.97 Å². The highest BCUT2D eigenvalue weighted by Gasteiger charge is 2.07. The SMILES string of the molecule is Cn1cccc1C(=O)NCCc1ccc(OCC(=O)O)cc1. The van der Waals surface area contributed by atoms with Gasteiger partial charge in [0.2, 0.25) is 0 Å². The van der Waals surface area contributed by atoms with Gasteiger partial charge in [-0.1, -0.05) is 12.1 Å². The van der Waals surface area contributed by atoms with Crippen molar-refractivity contribution in [3.05, 3.63) is 53.9 Å². The second-order valence-electron chi connectivity index (χ2n) is 4.84. The molecule has 0 saturated heterocycles. The summed E-state index contributed by atoms with van der Waals surface area (Å²) in [5, 5.41) is 11.4. The van der Waals surface area contributed by atoms with Crippen molar-refractivity contribution in [2.24, 2.45) is 7.05 Å². The topological polar surface area (TPSA) is 80.6 Å². The van der Waals surface area contributed by atoms with E-state index in [2.05, 4.69) is 5.32 Å². The molecule has 2 rings (SSSR count). The van der Waals surface area contributed by atoms with Crippen LogP contribution in [0.15, 0.2) is 42.6 Å². The van der Waals surface area contributed by atoms with Gasteiger partial charge in [-0.15, -0.1) is 0 Å². The predicted octanol–water partition coefficient (Wildman–Crippen LogP) is 1.46. The smallest absolute Gasteiger partial charge is 0.341 e. The summed E-state index contributed by atoms with van der Waals surface area (Å²) in [5.41, 5.74) is 1.66. The molecule has 0 spiro atoms. The van der Waals surface area contributed by atoms with E-state index in [1.54, 1.807) is 22.8 Å². The van der Waals surface area contributed by atoms with Gasteiger partial charge in [-0.25, -0.2) is 4.79 Å². The largest absolute Gasteiger partial charge is 0.482 e. The molecule has 6 nitrogen and oxygen atoms in total. The first-order chi connectivity index (χ1) is 10.6. The fraction of sp³-hybridized carbons (Fsp3) is 0.250. The quantitative estimate of drug-likeness (QED) is 0.811. The predicted molar refractivity (Wildman–Crippen MR) is 81.0 cm³/mol. The van der Waals surface area contributed by atoms with Crippen molar-refractivity contribution in [2.45, 2.75) is 6.42 Å². The fourth-order valence-corrected chi connectivity index (χ4v) is 2.01. The number of carbonyl (C=O) groups excluding carboxylic acids is 1. The molecule has 0 saturated carbocycles. The summed E-state index contributed by atoms with van der Waals surface area (Å²) in [6, 6.07) is 10.7. The van der Waals surface area contributed by atoms with Crippen LogP contribution in [-0.4, -0.2) is 34.7 Å². The molecule has 0 fully saturated rings. The normalized spacial score (nSPS) is 10.2. The molecule has 0 aliphatic rings. The number of nitrogens with one attached hydrogen (secondary N) is 1. The van der Waals surface area contributed by atoms with Gasteiger partial charge in [0.15, 0.2) is 6.61 Å². The van der Waals surface area contributed by atoms with Gasteiger partial charge in [0.25, 0.3) is 5.91 Å². The van der Waals surface area contributed by atoms with Crippen LogP contribution in [0, 0.1) is 0 Å². The number of carboxylic acid groups (broad SMARTS) is 1. The number of carbonyl (C=O) groups is 2. The maximum Gasteiger partial charge on any atom is 0.341 e. The monoisotopic (exact) mass is 302 g/mol. The van der Waals surface area contributed by atoms with Crippen LogP contribution < -0.4 is 10.1 Å². The summed E-state index contributed by atoms with van der Waals surface area (Å²) in [5.74, 6) is -0.597. The fourth-order valence-electron chi connectivity index (χ4n) is 2.01. The van der Waals surface area contributed by atoms with E-state index in [1.807, 2.05) is 31.4 Å². The van der Waals surface area contributed by atoms with E-state index >= 15 is 0 Å². The van der Waals surface area contributed by atoms with Crippen LogP contribution in [0.1, 0.15) is 16.1 Å². The third kappa shape index (κ3) is 4.37. The van der Waals surface area contributed by atoms with E-state index in [1.165, 1.54) is 0 Å². The Hall–Kier alpha value is -2.76. The van der Waals surface area contributed by atoms with Gasteiger partial charge in [-0.2, -0.15) is 0 Å². The number of carboxylic acids is 1. The van der Waals surface area contributed by atoms with Crippen LogP contribution >= 0.6 is 0 Å². The van der Waals surface area contributed by atoms with Crippen molar-refractivity contribution < 1.29 is 19.4 Å². The Morgan fingerprint density at radius 3 is 2.55 bits per heavy atom. The number of aryl methyl sites for hydroxylation is 1. The minimum Gasteiger partial charge on any atom is -0.482 e. The molecule has 2 aromatic rings. The van der Waals surface area contributed by atoms with E-state index in [-0.39, 0.29) is 12.5 Å². The van der Waals surface area contributed by atoms with E-state index in [4.69, 9.17) is 9.84 Å². The number of benzene rings is 1. The summed E-state index contributed by atoms with van der Waals surface area (Å²) < 4.78 is 6.82. The van der Waals surface area contributed by atoms with Crippen LogP contribution in [0.25, 0.3) is 0 Å². The van der Waals surface area contributed by atoms with Crippen LogP contribution in [0.5, 0.6) is 5.75 Å². The molecule has 0 unspecified atom stereocenters. The lowest BCUT2D eigenvalue weighted by molar-refractivity contribution is -0.139. The number of rotatable bonds is 7. The summed E-state index contributed by atoms with van der Waals surface area (Å²) in [4.78, 5) is 22.3. The summed E-state index contributed by atoms with van der Waals surface area (Å²) >= 11 is 0. The molecule has 0 atom stereocenters. The molecule has 1 amide bonds. The molecule has 1 heterocycles. The van der Waals surface area contributed by atoms with Crippen molar-refractivity contribution in [3.63, 3.8) is 0 Å². The maximum absolute atomic E-state index is 11.9. The first-order valence-electron chi connectivity index (χ1n) is 6.89. The van der Waals surface area contributed by atoms with E-state index in [9.17, 15) is 9.59 Å². The molecule has 6 heteroatoms. The number of aromatic nitrogens is 1. The highest BCUT2D eigenvalue weighted by Crippen LogP contribution is 2.12. The van der Waals surface area contributed by atoms with Crippen molar-refractivity contribution in [2.75, 3.05) is 13.2 Å². The molecule has 0 aliphatic heterocycles. The number of hydrogen-bond donors (Lipinski definition) is 2. The number of amides is 1. The molecule has 0 bridgehead atoms. The lowest BCUT2D eigenvalue weighted by Crippen LogP contribution is -2.27. The minimum atomic E-state index is -1.01. The molecule has 0 radical (unpaired) electrons. The number of ether oxygens (including phenoxy) is 1. The molecule has 116 valence electrons. The molecule has 0 aliphatic carbocycles. The number of hydrogen-bond acceptors (Lipinski definition) is 3. The Bertz CT molecular complexity index is 646. The summed E-state index contributed by atoms with van der Waals surface area (Å²) in [6.07, 6.45) is 2.51. The zero-order valence-corrected chi connectivity index (χ0v) is 12.3. The zero-order chi connectivity index (χ0) is 15.9. The first-order valence-corrected chi connectivity index (χ1v) is 6.89. The Labute approximate surface area is 128 Å². The van der Waals surface area contributed by atoms with Crippen LogP contribution in [0.4, 0.5) is 0 Å². The van der Waals surface area contributed by atoms with Crippen molar-refractivity contribution >= 4 is 11.9 Å². The average Bonchev–Trinajstić information content (AvgIpc) is 2.92.